The van der Waals surface area contributed by atoms with Crippen LogP contribution in [0.4, 0.5) is 0 Å². The summed E-state index contributed by atoms with van der Waals surface area (Å²) in [6.45, 7) is 8.83. The highest BCUT2D eigenvalue weighted by Crippen LogP contribution is 2.33. The molecule has 3 fully saturated rings. The Labute approximate surface area is 234 Å². The quantitative estimate of drug-likeness (QED) is 0.232. The molecule has 3 heterocycles. The van der Waals surface area contributed by atoms with Crippen LogP contribution >= 0.6 is 0 Å². The first kappa shape index (κ1) is 31.3. The third-order valence-electron chi connectivity index (χ3n) is 7.77. The van der Waals surface area contributed by atoms with Crippen LogP contribution in [0.1, 0.15) is 85.5 Å². The number of cyclic esters (lactones) is 1. The summed E-state index contributed by atoms with van der Waals surface area (Å²) in [6.07, 6.45) is 17.7. The molecule has 3 aliphatic rings. The molecule has 0 radical (unpaired) electrons. The Balaban J connectivity index is 1.79. The van der Waals surface area contributed by atoms with Crippen LogP contribution < -0.4 is 0 Å². The van der Waals surface area contributed by atoms with Gasteiger partial charge in [0.25, 0.3) is 0 Å². The third kappa shape index (κ3) is 11.1. The van der Waals surface area contributed by atoms with Gasteiger partial charge in [-0.3, -0.25) is 4.79 Å². The summed E-state index contributed by atoms with van der Waals surface area (Å²) < 4.78 is 29.9. The van der Waals surface area contributed by atoms with Crippen molar-refractivity contribution in [1.82, 2.24) is 0 Å². The second-order valence-electron chi connectivity index (χ2n) is 11.3. The van der Waals surface area contributed by atoms with Gasteiger partial charge >= 0.3 is 11.9 Å². The summed E-state index contributed by atoms with van der Waals surface area (Å²) in [6, 6.07) is 0. The first-order valence-corrected chi connectivity index (χ1v) is 14.7. The number of hydrogen-bond donors (Lipinski definition) is 0. The fraction of sp³-hybridized carbons (Fsp3) is 0.688. The van der Waals surface area contributed by atoms with E-state index < -0.39 is 6.10 Å². The molecule has 0 aliphatic carbocycles. The van der Waals surface area contributed by atoms with Crippen LogP contribution in [0.25, 0.3) is 0 Å². The van der Waals surface area contributed by atoms with Gasteiger partial charge in [0.05, 0.1) is 50.7 Å². The summed E-state index contributed by atoms with van der Waals surface area (Å²) in [5, 5.41) is 0. The number of rotatable bonds is 5. The maximum Gasteiger partial charge on any atom is 0.330 e. The minimum absolute atomic E-state index is 0.0308. The van der Waals surface area contributed by atoms with E-state index in [4.69, 9.17) is 23.7 Å². The molecule has 3 aliphatic heterocycles. The lowest BCUT2D eigenvalue weighted by Gasteiger charge is -2.37. The van der Waals surface area contributed by atoms with Crippen LogP contribution in [0.5, 0.6) is 0 Å². The molecule has 7 atom stereocenters. The summed E-state index contributed by atoms with van der Waals surface area (Å²) in [7, 11) is 1.38. The average Bonchev–Trinajstić information content (AvgIpc) is 2.90. The Morgan fingerprint density at radius 2 is 1.69 bits per heavy atom. The zero-order chi connectivity index (χ0) is 28.2. The number of fused-ring (bicyclic) bond motifs is 4. The van der Waals surface area contributed by atoms with Crippen molar-refractivity contribution < 1.29 is 33.3 Å². The van der Waals surface area contributed by atoms with Crippen molar-refractivity contribution >= 4 is 11.9 Å². The predicted octanol–water partition coefficient (Wildman–Crippen LogP) is 6.18. The Bertz CT molecular complexity index is 917. The summed E-state index contributed by atoms with van der Waals surface area (Å²) in [5.41, 5.74) is 2.24. The zero-order valence-corrected chi connectivity index (χ0v) is 24.4. The van der Waals surface area contributed by atoms with E-state index in [0.29, 0.717) is 19.4 Å². The van der Waals surface area contributed by atoms with Crippen molar-refractivity contribution in [2.45, 2.75) is 122 Å². The lowest BCUT2D eigenvalue weighted by molar-refractivity contribution is -0.158. The molecular formula is C32H48O7. The van der Waals surface area contributed by atoms with Crippen LogP contribution in [0, 0.1) is 5.92 Å². The van der Waals surface area contributed by atoms with Gasteiger partial charge in [0.15, 0.2) is 0 Å². The maximum atomic E-state index is 13.1. The maximum absolute atomic E-state index is 13.1. The number of allylic oxidation sites excluding steroid dienone is 5. The Hall–Kier alpha value is -2.22. The van der Waals surface area contributed by atoms with Gasteiger partial charge in [0.1, 0.15) is 6.10 Å². The number of carbonyl (C=O) groups is 2. The zero-order valence-electron chi connectivity index (χ0n) is 24.4. The molecule has 0 aromatic carbocycles. The fourth-order valence-corrected chi connectivity index (χ4v) is 5.42. The molecule has 3 saturated heterocycles. The topological polar surface area (TPSA) is 80.3 Å². The molecule has 0 amide bonds. The highest BCUT2D eigenvalue weighted by molar-refractivity contribution is 5.82. The third-order valence-corrected chi connectivity index (χ3v) is 7.77. The lowest BCUT2D eigenvalue weighted by atomic mass is 9.90. The van der Waals surface area contributed by atoms with Crippen LogP contribution in [0.3, 0.4) is 0 Å². The van der Waals surface area contributed by atoms with Gasteiger partial charge in [-0.2, -0.15) is 0 Å². The van der Waals surface area contributed by atoms with Crippen LogP contribution in [0.2, 0.25) is 0 Å². The number of esters is 2. The molecule has 0 spiro atoms. The molecule has 7 heteroatoms. The number of ether oxygens (including phenoxy) is 5. The molecule has 0 saturated carbocycles. The van der Waals surface area contributed by atoms with Crippen molar-refractivity contribution in [3.05, 3.63) is 47.6 Å². The van der Waals surface area contributed by atoms with E-state index in [1.54, 1.807) is 6.08 Å². The largest absolute Gasteiger partial charge is 0.466 e. The molecule has 0 aromatic heterocycles. The summed E-state index contributed by atoms with van der Waals surface area (Å²) in [4.78, 5) is 25.1. The van der Waals surface area contributed by atoms with E-state index in [1.165, 1.54) is 12.7 Å². The molecule has 4 bridgehead atoms. The van der Waals surface area contributed by atoms with E-state index in [0.717, 1.165) is 44.1 Å². The average molecular weight is 545 g/mol. The Morgan fingerprint density at radius 3 is 2.44 bits per heavy atom. The monoisotopic (exact) mass is 544 g/mol. The van der Waals surface area contributed by atoms with E-state index in [1.807, 2.05) is 31.2 Å². The van der Waals surface area contributed by atoms with Crippen LogP contribution in [-0.4, -0.2) is 62.3 Å². The van der Waals surface area contributed by atoms with Gasteiger partial charge in [-0.15, -0.1) is 0 Å². The van der Waals surface area contributed by atoms with Crippen LogP contribution in [0.15, 0.2) is 47.6 Å². The molecular weight excluding hydrogens is 496 g/mol. The molecule has 39 heavy (non-hydrogen) atoms. The van der Waals surface area contributed by atoms with E-state index in [9.17, 15) is 9.59 Å². The fourth-order valence-electron chi connectivity index (χ4n) is 5.42. The van der Waals surface area contributed by atoms with E-state index in [2.05, 4.69) is 26.8 Å². The molecule has 218 valence electrons. The SMILES string of the molecule is CC/C(C)=C/C=C\C=C\C1OC(=O)CC2C/C(=C\C(=O)OC)CC(CC3CCCC(CC(C)OCC1C)O3)O2. The highest BCUT2D eigenvalue weighted by atomic mass is 16.6. The van der Waals surface area contributed by atoms with Gasteiger partial charge in [-0.1, -0.05) is 49.3 Å². The highest BCUT2D eigenvalue weighted by Gasteiger charge is 2.33. The predicted molar refractivity (Wildman–Crippen MR) is 151 cm³/mol. The standard InChI is InChI=1S/C32H48O7/c1-6-22(2)11-8-7-9-14-30-23(3)21-36-24(4)15-26-12-10-13-27(37-26)19-28-16-25(18-31(33)35-5)17-29(38-28)20-32(34)39-30/h7-9,11,14,18,23-24,26-30H,6,10,12-13,15-17,19-21H2,1-5H3/b8-7-,14-9+,22-11+,25-18-. The minimum Gasteiger partial charge on any atom is -0.466 e. The molecule has 7 unspecified atom stereocenters. The van der Waals surface area contributed by atoms with Crippen molar-refractivity contribution in [2.75, 3.05) is 13.7 Å². The molecule has 0 N–H and O–H groups in total. The second kappa shape index (κ2) is 16.1. The second-order valence-corrected chi connectivity index (χ2v) is 11.3. The smallest absolute Gasteiger partial charge is 0.330 e. The Kier molecular flexibility index (Phi) is 13.0. The van der Waals surface area contributed by atoms with E-state index >= 15 is 0 Å². The van der Waals surface area contributed by atoms with Crippen LogP contribution in [-0.2, 0) is 33.3 Å². The Morgan fingerprint density at radius 1 is 0.974 bits per heavy atom. The molecule has 0 aromatic rings. The number of carbonyl (C=O) groups excluding carboxylic acids is 2. The molecule has 3 rings (SSSR count). The van der Waals surface area contributed by atoms with Crippen molar-refractivity contribution in [3.63, 3.8) is 0 Å². The summed E-state index contributed by atoms with van der Waals surface area (Å²) >= 11 is 0. The minimum atomic E-state index is -0.432. The van der Waals surface area contributed by atoms with Crippen molar-refractivity contribution in [3.8, 4) is 0 Å². The number of methoxy groups -OCH3 is 1. The van der Waals surface area contributed by atoms with Crippen molar-refractivity contribution in [2.24, 2.45) is 5.92 Å². The normalized spacial score (nSPS) is 34.8. The number of hydrogen-bond acceptors (Lipinski definition) is 7. The first-order valence-electron chi connectivity index (χ1n) is 14.7. The van der Waals surface area contributed by atoms with Gasteiger partial charge in [0.2, 0.25) is 0 Å². The van der Waals surface area contributed by atoms with Gasteiger partial charge in [-0.25, -0.2) is 4.79 Å². The lowest BCUT2D eigenvalue weighted by Crippen LogP contribution is -2.38. The summed E-state index contributed by atoms with van der Waals surface area (Å²) in [5.74, 6) is -0.732. The van der Waals surface area contributed by atoms with Gasteiger partial charge in [-0.05, 0) is 64.9 Å². The van der Waals surface area contributed by atoms with Gasteiger partial charge < -0.3 is 23.7 Å². The van der Waals surface area contributed by atoms with Gasteiger partial charge in [0, 0.05) is 18.4 Å². The van der Waals surface area contributed by atoms with E-state index in [-0.39, 0.29) is 54.8 Å². The first-order chi connectivity index (χ1) is 18.7. The molecule has 7 nitrogen and oxygen atoms in total. The van der Waals surface area contributed by atoms with Crippen molar-refractivity contribution in [1.29, 1.82) is 0 Å².